The molecule has 0 heterocycles. The van der Waals surface area contributed by atoms with Crippen LogP contribution in [0.15, 0.2) is 18.2 Å². The minimum atomic E-state index is -0.167. The Kier molecular flexibility index (Phi) is 4.37. The quantitative estimate of drug-likeness (QED) is 0.630. The molecule has 1 atom stereocenters. The van der Waals surface area contributed by atoms with Crippen molar-refractivity contribution in [2.24, 2.45) is 0 Å². The number of benzene rings is 1. The van der Waals surface area contributed by atoms with E-state index in [1.54, 1.807) is 6.92 Å². The van der Waals surface area contributed by atoms with Crippen molar-refractivity contribution in [2.75, 3.05) is 5.32 Å². The van der Waals surface area contributed by atoms with Crippen molar-refractivity contribution < 1.29 is 4.79 Å². The minimum absolute atomic E-state index is 0.0215. The van der Waals surface area contributed by atoms with E-state index in [4.69, 9.17) is 0 Å². The minimum Gasteiger partial charge on any atom is -0.324 e. The maximum atomic E-state index is 11.4. The zero-order valence-electron chi connectivity index (χ0n) is 7.97. The molecule has 0 aliphatic carbocycles. The second-order valence-corrected chi connectivity index (χ2v) is 5.62. The molecule has 0 bridgehead atoms. The number of amides is 1. The number of hydrogen-bond acceptors (Lipinski definition) is 1. The summed E-state index contributed by atoms with van der Waals surface area (Å²) in [5, 5.41) is 2.84. The van der Waals surface area contributed by atoms with Crippen molar-refractivity contribution in [1.29, 1.82) is 0 Å². The normalized spacial score (nSPS) is 12.3. The molecule has 0 fully saturated rings. The van der Waals surface area contributed by atoms with Crippen molar-refractivity contribution in [2.45, 2.75) is 18.7 Å². The zero-order chi connectivity index (χ0) is 10.7. The second kappa shape index (κ2) is 5.11. The Balaban J connectivity index is 2.82. The Morgan fingerprint density at radius 3 is 2.71 bits per heavy atom. The molecule has 1 unspecified atom stereocenters. The van der Waals surface area contributed by atoms with E-state index in [9.17, 15) is 4.79 Å². The molecule has 0 aromatic heterocycles. The van der Waals surface area contributed by atoms with Gasteiger partial charge in [0.15, 0.2) is 0 Å². The maximum Gasteiger partial charge on any atom is 0.237 e. The van der Waals surface area contributed by atoms with Crippen LogP contribution in [-0.2, 0) is 4.79 Å². The third kappa shape index (κ3) is 3.24. The summed E-state index contributed by atoms with van der Waals surface area (Å²) in [4.78, 5) is 11.2. The SMILES string of the molecule is Cc1ccc(NC(=O)C(C)Br)c(I)c1. The lowest BCUT2D eigenvalue weighted by molar-refractivity contribution is -0.115. The molecular weight excluding hydrogens is 357 g/mol. The molecule has 0 aliphatic rings. The Labute approximate surface area is 106 Å². The van der Waals surface area contributed by atoms with E-state index in [1.807, 2.05) is 25.1 Å². The lowest BCUT2D eigenvalue weighted by atomic mass is 10.2. The summed E-state index contributed by atoms with van der Waals surface area (Å²) in [6, 6.07) is 5.94. The van der Waals surface area contributed by atoms with Gasteiger partial charge in [-0.1, -0.05) is 22.0 Å². The van der Waals surface area contributed by atoms with Gasteiger partial charge in [0.25, 0.3) is 0 Å². The van der Waals surface area contributed by atoms with Crippen LogP contribution in [0.2, 0.25) is 0 Å². The molecule has 4 heteroatoms. The van der Waals surface area contributed by atoms with E-state index >= 15 is 0 Å². The monoisotopic (exact) mass is 367 g/mol. The summed E-state index contributed by atoms with van der Waals surface area (Å²) in [5.74, 6) is -0.0215. The van der Waals surface area contributed by atoms with Gasteiger partial charge in [-0.3, -0.25) is 4.79 Å². The second-order valence-electron chi connectivity index (χ2n) is 3.09. The average Bonchev–Trinajstić information content (AvgIpc) is 2.09. The van der Waals surface area contributed by atoms with Crippen LogP contribution in [0.3, 0.4) is 0 Å². The van der Waals surface area contributed by atoms with Gasteiger partial charge in [0.2, 0.25) is 5.91 Å². The number of hydrogen-bond donors (Lipinski definition) is 1. The maximum absolute atomic E-state index is 11.4. The van der Waals surface area contributed by atoms with Crippen molar-refractivity contribution >= 4 is 50.1 Å². The van der Waals surface area contributed by atoms with Gasteiger partial charge in [-0.25, -0.2) is 0 Å². The molecule has 2 nitrogen and oxygen atoms in total. The molecule has 0 saturated heterocycles. The number of rotatable bonds is 2. The standard InChI is InChI=1S/C10H11BrINO/c1-6-3-4-9(8(12)5-6)13-10(14)7(2)11/h3-5,7H,1-2H3,(H,13,14). The molecule has 1 amide bonds. The van der Waals surface area contributed by atoms with Crippen LogP contribution in [-0.4, -0.2) is 10.7 Å². The fourth-order valence-corrected chi connectivity index (χ4v) is 1.87. The van der Waals surface area contributed by atoms with E-state index in [0.717, 1.165) is 9.26 Å². The molecule has 1 N–H and O–H groups in total. The van der Waals surface area contributed by atoms with Crippen molar-refractivity contribution in [3.05, 3.63) is 27.3 Å². The highest BCUT2D eigenvalue weighted by atomic mass is 127. The summed E-state index contributed by atoms with van der Waals surface area (Å²) in [6.45, 7) is 3.83. The Morgan fingerprint density at radius 2 is 2.21 bits per heavy atom. The van der Waals surface area contributed by atoms with Gasteiger partial charge in [0.1, 0.15) is 0 Å². The van der Waals surface area contributed by atoms with Gasteiger partial charge in [-0.05, 0) is 54.1 Å². The van der Waals surface area contributed by atoms with Crippen LogP contribution in [0, 0.1) is 10.5 Å². The summed E-state index contributed by atoms with van der Waals surface area (Å²) in [6.07, 6.45) is 0. The number of alkyl halides is 1. The first-order chi connectivity index (χ1) is 6.50. The van der Waals surface area contributed by atoms with Crippen molar-refractivity contribution in [3.8, 4) is 0 Å². The van der Waals surface area contributed by atoms with Crippen LogP contribution >= 0.6 is 38.5 Å². The Bertz CT molecular complexity index is 352. The molecule has 1 aromatic carbocycles. The lowest BCUT2D eigenvalue weighted by Crippen LogP contribution is -2.20. The highest BCUT2D eigenvalue weighted by Crippen LogP contribution is 2.19. The largest absolute Gasteiger partial charge is 0.324 e. The van der Waals surface area contributed by atoms with Gasteiger partial charge in [0.05, 0.1) is 10.5 Å². The average molecular weight is 368 g/mol. The fraction of sp³-hybridized carbons (Fsp3) is 0.300. The van der Waals surface area contributed by atoms with Crippen LogP contribution in [0.1, 0.15) is 12.5 Å². The summed E-state index contributed by atoms with van der Waals surface area (Å²) in [5.41, 5.74) is 2.06. The smallest absolute Gasteiger partial charge is 0.237 e. The molecule has 0 saturated carbocycles. The Hall–Kier alpha value is -0.100. The first kappa shape index (κ1) is 12.0. The number of anilines is 1. The first-order valence-electron chi connectivity index (χ1n) is 4.22. The highest BCUT2D eigenvalue weighted by molar-refractivity contribution is 14.1. The summed E-state index contributed by atoms with van der Waals surface area (Å²) in [7, 11) is 0. The van der Waals surface area contributed by atoms with E-state index in [-0.39, 0.29) is 10.7 Å². The van der Waals surface area contributed by atoms with E-state index in [0.29, 0.717) is 0 Å². The summed E-state index contributed by atoms with van der Waals surface area (Å²) < 4.78 is 1.06. The van der Waals surface area contributed by atoms with Gasteiger partial charge >= 0.3 is 0 Å². The van der Waals surface area contributed by atoms with Crippen molar-refractivity contribution in [3.63, 3.8) is 0 Å². The molecular formula is C10H11BrINO. The highest BCUT2D eigenvalue weighted by Gasteiger charge is 2.10. The number of halogens is 2. The predicted molar refractivity (Wildman–Crippen MR) is 70.9 cm³/mol. The molecule has 0 aliphatic heterocycles. The van der Waals surface area contributed by atoms with Crippen LogP contribution in [0.4, 0.5) is 5.69 Å². The van der Waals surface area contributed by atoms with Crippen LogP contribution in [0.25, 0.3) is 0 Å². The van der Waals surface area contributed by atoms with E-state index < -0.39 is 0 Å². The van der Waals surface area contributed by atoms with Crippen LogP contribution < -0.4 is 5.32 Å². The van der Waals surface area contributed by atoms with Gasteiger partial charge in [0, 0.05) is 3.57 Å². The Morgan fingerprint density at radius 1 is 1.57 bits per heavy atom. The van der Waals surface area contributed by atoms with Gasteiger partial charge in [-0.2, -0.15) is 0 Å². The molecule has 1 rings (SSSR count). The van der Waals surface area contributed by atoms with Gasteiger partial charge in [-0.15, -0.1) is 0 Å². The zero-order valence-corrected chi connectivity index (χ0v) is 11.7. The number of carbonyl (C=O) groups excluding carboxylic acids is 1. The van der Waals surface area contributed by atoms with Gasteiger partial charge < -0.3 is 5.32 Å². The number of carbonyl (C=O) groups is 1. The third-order valence-corrected chi connectivity index (χ3v) is 3.05. The fourth-order valence-electron chi connectivity index (χ4n) is 0.954. The van der Waals surface area contributed by atoms with E-state index in [2.05, 4.69) is 43.8 Å². The number of nitrogens with one attached hydrogen (secondary N) is 1. The molecule has 0 spiro atoms. The first-order valence-corrected chi connectivity index (χ1v) is 6.21. The van der Waals surface area contributed by atoms with Crippen molar-refractivity contribution in [1.82, 2.24) is 0 Å². The third-order valence-electron chi connectivity index (χ3n) is 1.74. The number of aryl methyl sites for hydroxylation is 1. The molecule has 14 heavy (non-hydrogen) atoms. The van der Waals surface area contributed by atoms with E-state index in [1.165, 1.54) is 5.56 Å². The molecule has 1 aromatic rings. The predicted octanol–water partition coefficient (Wildman–Crippen LogP) is 3.32. The van der Waals surface area contributed by atoms with Crippen LogP contribution in [0.5, 0.6) is 0 Å². The molecule has 76 valence electrons. The lowest BCUT2D eigenvalue weighted by Gasteiger charge is -2.09. The topological polar surface area (TPSA) is 29.1 Å². The summed E-state index contributed by atoms with van der Waals surface area (Å²) >= 11 is 5.43. The molecule has 0 radical (unpaired) electrons.